The van der Waals surface area contributed by atoms with Gasteiger partial charge < -0.3 is 0 Å². The third-order valence-electron chi connectivity index (χ3n) is 6.59. The van der Waals surface area contributed by atoms with Crippen LogP contribution in [0.1, 0.15) is 57.6 Å². The smallest absolute Gasteiger partial charge is 0.188 e. The topological polar surface area (TPSA) is 3.88 Å². The molecule has 1 aliphatic heterocycles. The summed E-state index contributed by atoms with van der Waals surface area (Å²) in [4.78, 5) is 0. The molecule has 0 unspecified atom stereocenters. The molecule has 2 heteroatoms. The maximum absolute atomic E-state index is 4.57. The normalized spacial score (nSPS) is 14.8. The van der Waals surface area contributed by atoms with Crippen LogP contribution in [0.25, 0.3) is 27.6 Å². The van der Waals surface area contributed by atoms with Gasteiger partial charge in [-0.05, 0) is 47.6 Å². The van der Waals surface area contributed by atoms with E-state index in [2.05, 4.69) is 96.5 Å². The summed E-state index contributed by atoms with van der Waals surface area (Å²) in [5, 5.41) is 2.67. The van der Waals surface area contributed by atoms with Crippen molar-refractivity contribution < 1.29 is 4.57 Å². The second-order valence-corrected chi connectivity index (χ2v) is 8.88. The second-order valence-electron chi connectivity index (χ2n) is 7.97. The van der Waals surface area contributed by atoms with E-state index in [-0.39, 0.29) is 5.54 Å². The maximum Gasteiger partial charge on any atom is 0.221 e. The fraction of sp³-hybridized carbons (Fsp3) is 0.346. The zero-order valence-electron chi connectivity index (χ0n) is 17.2. The fourth-order valence-corrected chi connectivity index (χ4v) is 5.24. The molecular formula is C26H29BrN+. The predicted molar refractivity (Wildman–Crippen MR) is 123 cm³/mol. The largest absolute Gasteiger partial charge is 0.221 e. The Kier molecular flexibility index (Phi) is 5.18. The quantitative estimate of drug-likeness (QED) is 0.367. The standard InChI is InChI=1S/C26H29BrN/c1-5-8-9-19-10-12-23-20(16-19)14-15-28-25(23)24-17-21(27)11-13-22(24)18(4)26(28,6-2)7-3/h10-17H,4-9H2,1-3H3/q+1. The van der Waals surface area contributed by atoms with Gasteiger partial charge in [-0.25, -0.2) is 0 Å². The Morgan fingerprint density at radius 3 is 2.46 bits per heavy atom. The number of unbranched alkanes of at least 4 members (excludes halogenated alkanes) is 1. The highest BCUT2D eigenvalue weighted by Crippen LogP contribution is 2.46. The van der Waals surface area contributed by atoms with Crippen LogP contribution in [0, 0.1) is 0 Å². The Balaban J connectivity index is 2.04. The van der Waals surface area contributed by atoms with Crippen LogP contribution >= 0.6 is 15.9 Å². The molecule has 0 amide bonds. The molecule has 0 fully saturated rings. The number of hydrogen-bond donors (Lipinski definition) is 0. The van der Waals surface area contributed by atoms with Crippen molar-refractivity contribution >= 4 is 32.3 Å². The van der Waals surface area contributed by atoms with E-state index in [9.17, 15) is 0 Å². The van der Waals surface area contributed by atoms with E-state index in [1.807, 2.05) is 0 Å². The van der Waals surface area contributed by atoms with Gasteiger partial charge in [-0.3, -0.25) is 0 Å². The van der Waals surface area contributed by atoms with Gasteiger partial charge in [-0.2, -0.15) is 4.57 Å². The molecule has 0 N–H and O–H groups in total. The molecule has 144 valence electrons. The number of aryl methyl sites for hydroxylation is 1. The minimum atomic E-state index is -0.0643. The molecular weight excluding hydrogens is 406 g/mol. The van der Waals surface area contributed by atoms with Crippen molar-refractivity contribution in [3.05, 3.63) is 70.8 Å². The molecule has 0 radical (unpaired) electrons. The average molecular weight is 435 g/mol. The summed E-state index contributed by atoms with van der Waals surface area (Å²) in [5.41, 5.74) is 6.50. The molecule has 0 atom stereocenters. The van der Waals surface area contributed by atoms with Crippen molar-refractivity contribution in [2.24, 2.45) is 0 Å². The van der Waals surface area contributed by atoms with Gasteiger partial charge >= 0.3 is 0 Å². The fourth-order valence-electron chi connectivity index (χ4n) is 4.88. The van der Waals surface area contributed by atoms with Crippen molar-refractivity contribution in [1.82, 2.24) is 0 Å². The highest BCUT2D eigenvalue weighted by molar-refractivity contribution is 9.10. The zero-order valence-corrected chi connectivity index (χ0v) is 18.8. The molecule has 0 spiro atoms. The monoisotopic (exact) mass is 434 g/mol. The third-order valence-corrected chi connectivity index (χ3v) is 7.08. The van der Waals surface area contributed by atoms with E-state index in [0.717, 1.165) is 23.7 Å². The third kappa shape index (κ3) is 2.85. The lowest BCUT2D eigenvalue weighted by molar-refractivity contribution is -0.740. The van der Waals surface area contributed by atoms with E-state index in [1.54, 1.807) is 0 Å². The molecule has 0 aliphatic carbocycles. The second kappa shape index (κ2) is 7.48. The molecule has 2 heterocycles. The highest BCUT2D eigenvalue weighted by atomic mass is 79.9. The molecule has 1 aromatic heterocycles. The molecule has 1 aliphatic rings. The van der Waals surface area contributed by atoms with Crippen LogP contribution in [0.4, 0.5) is 0 Å². The van der Waals surface area contributed by atoms with Crippen LogP contribution in [0.3, 0.4) is 0 Å². The van der Waals surface area contributed by atoms with Crippen LogP contribution in [0.15, 0.2) is 59.7 Å². The van der Waals surface area contributed by atoms with E-state index >= 15 is 0 Å². The first-order chi connectivity index (χ1) is 13.6. The summed E-state index contributed by atoms with van der Waals surface area (Å²) in [7, 11) is 0. The van der Waals surface area contributed by atoms with Crippen molar-refractivity contribution in [3.8, 4) is 11.3 Å². The van der Waals surface area contributed by atoms with E-state index in [0.29, 0.717) is 0 Å². The summed E-state index contributed by atoms with van der Waals surface area (Å²) in [6, 6.07) is 16.0. The Bertz CT molecular complexity index is 1060. The molecule has 0 bridgehead atoms. The van der Waals surface area contributed by atoms with Gasteiger partial charge in [0.15, 0.2) is 11.7 Å². The van der Waals surface area contributed by atoms with Crippen LogP contribution < -0.4 is 4.57 Å². The average Bonchev–Trinajstić information content (AvgIpc) is 2.72. The minimum Gasteiger partial charge on any atom is -0.188 e. The number of benzene rings is 2. The van der Waals surface area contributed by atoms with Crippen LogP contribution in [0.5, 0.6) is 0 Å². The maximum atomic E-state index is 4.57. The summed E-state index contributed by atoms with van der Waals surface area (Å²) < 4.78 is 3.61. The first-order valence-electron chi connectivity index (χ1n) is 10.5. The molecule has 3 aromatic rings. The molecule has 1 nitrogen and oxygen atoms in total. The SMILES string of the molecule is C=C1c2ccc(Br)cc2-c2c3ccc(CCCC)cc3cc[n+]2C1(CC)CC. The first-order valence-corrected chi connectivity index (χ1v) is 11.3. The molecule has 0 saturated heterocycles. The lowest BCUT2D eigenvalue weighted by Gasteiger charge is -2.35. The summed E-state index contributed by atoms with van der Waals surface area (Å²) in [6.45, 7) is 11.4. The summed E-state index contributed by atoms with van der Waals surface area (Å²) in [5.74, 6) is 0. The van der Waals surface area contributed by atoms with Crippen LogP contribution in [-0.2, 0) is 12.0 Å². The number of hydrogen-bond acceptors (Lipinski definition) is 0. The van der Waals surface area contributed by atoms with Crippen molar-refractivity contribution in [2.45, 2.75) is 58.4 Å². The van der Waals surface area contributed by atoms with Crippen LogP contribution in [-0.4, -0.2) is 0 Å². The van der Waals surface area contributed by atoms with Gasteiger partial charge in [-0.15, -0.1) is 0 Å². The van der Waals surface area contributed by atoms with Crippen molar-refractivity contribution in [2.75, 3.05) is 0 Å². The summed E-state index contributed by atoms with van der Waals surface area (Å²) in [6.07, 6.45) is 8.00. The first kappa shape index (κ1) is 19.4. The number of aromatic nitrogens is 1. The van der Waals surface area contributed by atoms with Gasteiger partial charge in [0, 0.05) is 29.0 Å². The lowest BCUT2D eigenvalue weighted by Crippen LogP contribution is -2.59. The van der Waals surface area contributed by atoms with Crippen LogP contribution in [0.2, 0.25) is 0 Å². The number of nitrogens with zero attached hydrogens (tertiary/aromatic N) is 1. The highest BCUT2D eigenvalue weighted by Gasteiger charge is 2.47. The Morgan fingerprint density at radius 2 is 1.75 bits per heavy atom. The molecule has 4 rings (SSSR count). The summed E-state index contributed by atoms with van der Waals surface area (Å²) >= 11 is 3.69. The van der Waals surface area contributed by atoms with Gasteiger partial charge in [0.2, 0.25) is 5.69 Å². The number of fused-ring (bicyclic) bond motifs is 5. The van der Waals surface area contributed by atoms with Gasteiger partial charge in [-0.1, -0.05) is 67.9 Å². The van der Waals surface area contributed by atoms with E-state index < -0.39 is 0 Å². The molecule has 0 saturated carbocycles. The zero-order chi connectivity index (χ0) is 19.9. The minimum absolute atomic E-state index is 0.0643. The van der Waals surface area contributed by atoms with Gasteiger partial charge in [0.1, 0.15) is 0 Å². The Labute approximate surface area is 177 Å². The Hall–Kier alpha value is -1.93. The van der Waals surface area contributed by atoms with Gasteiger partial charge in [0.25, 0.3) is 0 Å². The number of halogens is 1. The van der Waals surface area contributed by atoms with Crippen molar-refractivity contribution in [3.63, 3.8) is 0 Å². The predicted octanol–water partition coefficient (Wildman–Crippen LogP) is 7.44. The van der Waals surface area contributed by atoms with E-state index in [4.69, 9.17) is 0 Å². The Morgan fingerprint density at radius 1 is 0.964 bits per heavy atom. The molecule has 28 heavy (non-hydrogen) atoms. The number of rotatable bonds is 5. The number of allylic oxidation sites excluding steroid dienone is 1. The molecule has 2 aromatic carbocycles. The lowest BCUT2D eigenvalue weighted by atomic mass is 9.75. The van der Waals surface area contributed by atoms with E-state index in [1.165, 1.54) is 51.6 Å². The van der Waals surface area contributed by atoms with Crippen molar-refractivity contribution in [1.29, 1.82) is 0 Å². The number of pyridine rings is 1. The van der Waals surface area contributed by atoms with Gasteiger partial charge in [0.05, 0.1) is 10.9 Å².